The van der Waals surface area contributed by atoms with Gasteiger partial charge in [-0.1, -0.05) is 121 Å². The first-order chi connectivity index (χ1) is 15.7. The third-order valence-corrected chi connectivity index (χ3v) is 5.06. The normalized spacial score (nSPS) is 12.1. The Hall–Kier alpha value is -3.78. The Morgan fingerprint density at radius 3 is 1.78 bits per heavy atom. The number of rotatable bonds is 6. The molecule has 160 valence electrons. The summed E-state index contributed by atoms with van der Waals surface area (Å²) in [5.74, 6) is 0. The molecule has 0 aromatic heterocycles. The zero-order chi connectivity index (χ0) is 22.4. The highest BCUT2D eigenvalue weighted by molar-refractivity contribution is 5.98. The van der Waals surface area contributed by atoms with E-state index >= 15 is 0 Å². The van der Waals surface area contributed by atoms with E-state index in [9.17, 15) is 0 Å². The third-order valence-electron chi connectivity index (χ3n) is 5.06. The summed E-state index contributed by atoms with van der Waals surface area (Å²) in [4.78, 5) is 9.12. The lowest BCUT2D eigenvalue weighted by molar-refractivity contribution is 0.825. The molecule has 0 spiro atoms. The lowest BCUT2D eigenvalue weighted by Gasteiger charge is -2.05. The van der Waals surface area contributed by atoms with Crippen molar-refractivity contribution in [1.82, 2.24) is 0 Å². The monoisotopic (exact) mass is 418 g/mol. The third kappa shape index (κ3) is 7.81. The van der Waals surface area contributed by atoms with Gasteiger partial charge in [0, 0.05) is 11.9 Å². The Balaban J connectivity index is 0.000000181. The van der Waals surface area contributed by atoms with Crippen LogP contribution in [0.3, 0.4) is 0 Å². The Bertz CT molecular complexity index is 1090. The van der Waals surface area contributed by atoms with Crippen LogP contribution in [0.1, 0.15) is 42.1 Å². The lowest BCUT2D eigenvalue weighted by atomic mass is 10.1. The van der Waals surface area contributed by atoms with Crippen LogP contribution in [0.5, 0.6) is 0 Å². The van der Waals surface area contributed by atoms with Gasteiger partial charge in [-0.3, -0.25) is 9.98 Å². The van der Waals surface area contributed by atoms with Gasteiger partial charge < -0.3 is 0 Å². The van der Waals surface area contributed by atoms with Gasteiger partial charge >= 0.3 is 0 Å². The van der Waals surface area contributed by atoms with E-state index in [0.717, 1.165) is 17.8 Å². The maximum Gasteiger partial charge on any atom is 0.0721 e. The van der Waals surface area contributed by atoms with E-state index in [4.69, 9.17) is 0 Å². The van der Waals surface area contributed by atoms with E-state index in [1.54, 1.807) is 0 Å². The molecule has 1 atom stereocenters. The van der Waals surface area contributed by atoms with Crippen molar-refractivity contribution in [1.29, 1.82) is 0 Å². The van der Waals surface area contributed by atoms with Gasteiger partial charge in [0.15, 0.2) is 0 Å². The molecular weight excluding hydrogens is 388 g/mol. The van der Waals surface area contributed by atoms with Gasteiger partial charge in [0.1, 0.15) is 0 Å². The van der Waals surface area contributed by atoms with E-state index < -0.39 is 0 Å². The van der Waals surface area contributed by atoms with Crippen LogP contribution in [0, 0.1) is 0 Å². The second kappa shape index (κ2) is 12.8. The topological polar surface area (TPSA) is 24.7 Å². The van der Waals surface area contributed by atoms with Crippen molar-refractivity contribution in [3.8, 4) is 0 Å². The first-order valence-electron chi connectivity index (χ1n) is 11.0. The Labute approximate surface area is 192 Å². The van der Waals surface area contributed by atoms with E-state index in [2.05, 4.69) is 72.4 Å². The molecule has 32 heavy (non-hydrogen) atoms. The standard InChI is InChI=1S/2C15H15N/c2*1-13(15-10-6-3-7-11-15)16-12-14-8-4-2-5-9-14/h2-11H,12H2,1H3;2-13H,1H3. The number of hydrogen-bond donors (Lipinski definition) is 0. The van der Waals surface area contributed by atoms with Gasteiger partial charge in [0.2, 0.25) is 0 Å². The SMILES string of the molecule is CC(=NCc1ccccc1)c1ccccc1.CC(N=Cc1ccccc1)c1ccccc1. The molecular formula is C30H30N2. The van der Waals surface area contributed by atoms with Gasteiger partial charge in [0.25, 0.3) is 0 Å². The van der Waals surface area contributed by atoms with Crippen LogP contribution in [0.4, 0.5) is 0 Å². The Kier molecular flexibility index (Phi) is 9.17. The quantitative estimate of drug-likeness (QED) is 0.289. The van der Waals surface area contributed by atoms with Crippen molar-refractivity contribution >= 4 is 11.9 Å². The highest BCUT2D eigenvalue weighted by Gasteiger charge is 2.00. The molecule has 0 aliphatic heterocycles. The summed E-state index contributed by atoms with van der Waals surface area (Å²) in [6.07, 6.45) is 1.93. The molecule has 0 heterocycles. The van der Waals surface area contributed by atoms with E-state index in [-0.39, 0.29) is 6.04 Å². The maximum atomic E-state index is 4.58. The van der Waals surface area contributed by atoms with E-state index in [0.29, 0.717) is 0 Å². The van der Waals surface area contributed by atoms with Gasteiger partial charge in [0.05, 0.1) is 12.6 Å². The van der Waals surface area contributed by atoms with Crippen LogP contribution in [-0.2, 0) is 6.54 Å². The molecule has 1 unspecified atom stereocenters. The highest BCUT2D eigenvalue weighted by Crippen LogP contribution is 2.15. The minimum atomic E-state index is 0.210. The number of benzene rings is 4. The van der Waals surface area contributed by atoms with Crippen LogP contribution in [-0.4, -0.2) is 11.9 Å². The number of aliphatic imine (C=N–C) groups is 2. The number of nitrogens with zero attached hydrogens (tertiary/aromatic N) is 2. The molecule has 2 heteroatoms. The summed E-state index contributed by atoms with van der Waals surface area (Å²) in [6.45, 7) is 4.91. The first kappa shape index (κ1) is 22.9. The van der Waals surface area contributed by atoms with E-state index in [1.165, 1.54) is 16.7 Å². The van der Waals surface area contributed by atoms with Crippen molar-refractivity contribution in [2.24, 2.45) is 9.98 Å². The Morgan fingerprint density at radius 1 is 0.688 bits per heavy atom. The average Bonchev–Trinajstić information content (AvgIpc) is 2.88. The van der Waals surface area contributed by atoms with Crippen molar-refractivity contribution in [2.45, 2.75) is 26.4 Å². The van der Waals surface area contributed by atoms with Crippen LogP contribution >= 0.6 is 0 Å². The summed E-state index contributed by atoms with van der Waals surface area (Å²) >= 11 is 0. The van der Waals surface area contributed by atoms with Crippen LogP contribution < -0.4 is 0 Å². The van der Waals surface area contributed by atoms with Gasteiger partial charge in [-0.25, -0.2) is 0 Å². The summed E-state index contributed by atoms with van der Waals surface area (Å²) in [5.41, 5.74) is 5.92. The fourth-order valence-corrected chi connectivity index (χ4v) is 3.12. The molecule has 0 fully saturated rings. The largest absolute Gasteiger partial charge is 0.285 e. The number of hydrogen-bond acceptors (Lipinski definition) is 2. The zero-order valence-electron chi connectivity index (χ0n) is 18.8. The minimum absolute atomic E-state index is 0.210. The lowest BCUT2D eigenvalue weighted by Crippen LogP contribution is -1.95. The van der Waals surface area contributed by atoms with Crippen LogP contribution in [0.15, 0.2) is 131 Å². The van der Waals surface area contributed by atoms with Crippen LogP contribution in [0.25, 0.3) is 0 Å². The van der Waals surface area contributed by atoms with Gasteiger partial charge in [-0.2, -0.15) is 0 Å². The summed E-state index contributed by atoms with van der Waals surface area (Å²) in [7, 11) is 0. The predicted octanol–water partition coefficient (Wildman–Crippen LogP) is 7.56. The molecule has 0 radical (unpaired) electrons. The molecule has 4 aromatic carbocycles. The first-order valence-corrected chi connectivity index (χ1v) is 11.0. The molecule has 0 aliphatic rings. The molecule has 0 N–H and O–H groups in total. The zero-order valence-corrected chi connectivity index (χ0v) is 18.8. The molecule has 0 bridgehead atoms. The minimum Gasteiger partial charge on any atom is -0.285 e. The molecule has 4 rings (SSSR count). The second-order valence-electron chi connectivity index (χ2n) is 7.53. The molecule has 0 saturated heterocycles. The van der Waals surface area contributed by atoms with Crippen molar-refractivity contribution < 1.29 is 0 Å². The highest BCUT2D eigenvalue weighted by atomic mass is 14.8. The molecule has 0 aliphatic carbocycles. The molecule has 2 nitrogen and oxygen atoms in total. The fourth-order valence-electron chi connectivity index (χ4n) is 3.12. The summed E-state index contributed by atoms with van der Waals surface area (Å²) in [6, 6.07) is 41.3. The van der Waals surface area contributed by atoms with Crippen molar-refractivity contribution in [3.63, 3.8) is 0 Å². The fraction of sp³-hybridized carbons (Fsp3) is 0.133. The van der Waals surface area contributed by atoms with E-state index in [1.807, 2.05) is 79.0 Å². The molecule has 0 amide bonds. The maximum absolute atomic E-state index is 4.58. The smallest absolute Gasteiger partial charge is 0.0721 e. The Morgan fingerprint density at radius 2 is 1.19 bits per heavy atom. The van der Waals surface area contributed by atoms with Gasteiger partial charge in [-0.05, 0) is 36.1 Å². The predicted molar refractivity (Wildman–Crippen MR) is 138 cm³/mol. The average molecular weight is 419 g/mol. The van der Waals surface area contributed by atoms with Gasteiger partial charge in [-0.15, -0.1) is 0 Å². The summed E-state index contributed by atoms with van der Waals surface area (Å²) < 4.78 is 0. The van der Waals surface area contributed by atoms with Crippen molar-refractivity contribution in [2.75, 3.05) is 0 Å². The van der Waals surface area contributed by atoms with Crippen molar-refractivity contribution in [3.05, 3.63) is 144 Å². The second-order valence-corrected chi connectivity index (χ2v) is 7.53. The van der Waals surface area contributed by atoms with Crippen LogP contribution in [0.2, 0.25) is 0 Å². The summed E-state index contributed by atoms with van der Waals surface area (Å²) in [5, 5.41) is 0. The molecule has 4 aromatic rings. The molecule has 0 saturated carbocycles.